The summed E-state index contributed by atoms with van der Waals surface area (Å²) in [5, 5.41) is 10.1. The van der Waals surface area contributed by atoms with Crippen LogP contribution in [0.3, 0.4) is 0 Å². The van der Waals surface area contributed by atoms with Crippen LogP contribution < -0.4 is 0 Å². The Bertz CT molecular complexity index is 340. The van der Waals surface area contributed by atoms with E-state index >= 15 is 0 Å². The van der Waals surface area contributed by atoms with Crippen LogP contribution in [0.25, 0.3) is 0 Å². The molecule has 0 unspecified atom stereocenters. The molecule has 0 aliphatic heterocycles. The van der Waals surface area contributed by atoms with E-state index in [0.717, 1.165) is 18.7 Å². The summed E-state index contributed by atoms with van der Waals surface area (Å²) in [5.41, 5.74) is 0. The first kappa shape index (κ1) is 18.2. The third kappa shape index (κ3) is 8.88. The van der Waals surface area contributed by atoms with Crippen LogP contribution in [0.5, 0.6) is 0 Å². The highest BCUT2D eigenvalue weighted by molar-refractivity contribution is 4.97. The lowest BCUT2D eigenvalue weighted by Crippen LogP contribution is -2.35. The minimum Gasteiger partial charge on any atom is -0.468 e. The first-order valence-electron chi connectivity index (χ1n) is 7.61. The number of hydrogen-bond acceptors (Lipinski definition) is 5. The molecular weight excluding hydrogens is 270 g/mol. The van der Waals surface area contributed by atoms with E-state index in [1.165, 1.54) is 0 Å². The highest BCUT2D eigenvalue weighted by Gasteiger charge is 2.14. The molecule has 0 aliphatic rings. The number of hydrogen-bond donors (Lipinski definition) is 1. The fraction of sp³-hybridized carbons (Fsp3) is 0.750. The average Bonchev–Trinajstić information content (AvgIpc) is 2.91. The normalized spacial score (nSPS) is 13.2. The summed E-state index contributed by atoms with van der Waals surface area (Å²) >= 11 is 0. The highest BCUT2D eigenvalue weighted by atomic mass is 16.5. The van der Waals surface area contributed by atoms with Crippen molar-refractivity contribution in [3.8, 4) is 0 Å². The maximum Gasteiger partial charge on any atom is 0.117 e. The van der Waals surface area contributed by atoms with Crippen molar-refractivity contribution in [2.75, 3.05) is 40.0 Å². The van der Waals surface area contributed by atoms with Crippen LogP contribution >= 0.6 is 0 Å². The molecule has 0 bridgehead atoms. The number of methoxy groups -OCH3 is 1. The van der Waals surface area contributed by atoms with Gasteiger partial charge in [0.1, 0.15) is 5.76 Å². The Morgan fingerprint density at radius 2 is 2.14 bits per heavy atom. The SMILES string of the molecule is COCCCN(Cc1ccco1)C[C@H](O)COCC(C)C. The Kier molecular flexibility index (Phi) is 9.34. The van der Waals surface area contributed by atoms with Gasteiger partial charge in [0.05, 0.1) is 25.5 Å². The molecule has 1 aromatic rings. The van der Waals surface area contributed by atoms with Gasteiger partial charge in [0.15, 0.2) is 0 Å². The van der Waals surface area contributed by atoms with Gasteiger partial charge >= 0.3 is 0 Å². The molecule has 0 saturated carbocycles. The van der Waals surface area contributed by atoms with E-state index in [9.17, 15) is 5.11 Å². The van der Waals surface area contributed by atoms with Crippen molar-refractivity contribution >= 4 is 0 Å². The van der Waals surface area contributed by atoms with Crippen LogP contribution in [0.4, 0.5) is 0 Å². The van der Waals surface area contributed by atoms with Crippen LogP contribution in [0, 0.1) is 5.92 Å². The van der Waals surface area contributed by atoms with E-state index < -0.39 is 6.10 Å². The van der Waals surface area contributed by atoms with Crippen molar-refractivity contribution in [1.29, 1.82) is 0 Å². The number of aliphatic hydroxyl groups is 1. The quantitative estimate of drug-likeness (QED) is 0.599. The van der Waals surface area contributed by atoms with Crippen LogP contribution in [0.2, 0.25) is 0 Å². The molecular formula is C16H29NO4. The number of furan rings is 1. The maximum atomic E-state index is 10.1. The number of nitrogens with zero attached hydrogens (tertiary/aromatic N) is 1. The Morgan fingerprint density at radius 3 is 2.76 bits per heavy atom. The van der Waals surface area contributed by atoms with E-state index in [2.05, 4.69) is 18.7 Å². The van der Waals surface area contributed by atoms with Crippen molar-refractivity contribution < 1.29 is 19.0 Å². The van der Waals surface area contributed by atoms with E-state index in [-0.39, 0.29) is 0 Å². The van der Waals surface area contributed by atoms with Crippen LogP contribution in [-0.2, 0) is 16.0 Å². The lowest BCUT2D eigenvalue weighted by molar-refractivity contribution is 0.00489. The molecule has 0 amide bonds. The van der Waals surface area contributed by atoms with Crippen molar-refractivity contribution in [1.82, 2.24) is 4.90 Å². The summed E-state index contributed by atoms with van der Waals surface area (Å²) in [5.74, 6) is 1.39. The molecule has 122 valence electrons. The maximum absolute atomic E-state index is 10.1. The van der Waals surface area contributed by atoms with Gasteiger partial charge in [-0.1, -0.05) is 13.8 Å². The highest BCUT2D eigenvalue weighted by Crippen LogP contribution is 2.07. The van der Waals surface area contributed by atoms with Gasteiger partial charge < -0.3 is 19.0 Å². The second-order valence-corrected chi connectivity index (χ2v) is 5.75. The van der Waals surface area contributed by atoms with Gasteiger partial charge in [0.25, 0.3) is 0 Å². The van der Waals surface area contributed by atoms with E-state index in [1.807, 2.05) is 12.1 Å². The fourth-order valence-electron chi connectivity index (χ4n) is 2.08. The molecule has 21 heavy (non-hydrogen) atoms. The molecule has 0 spiro atoms. The number of aliphatic hydroxyl groups excluding tert-OH is 1. The predicted molar refractivity (Wildman–Crippen MR) is 82.1 cm³/mol. The number of ether oxygens (including phenoxy) is 2. The van der Waals surface area contributed by atoms with E-state index in [0.29, 0.717) is 38.8 Å². The van der Waals surface area contributed by atoms with Crippen LogP contribution in [0.15, 0.2) is 22.8 Å². The second kappa shape index (κ2) is 10.8. The third-order valence-electron chi connectivity index (χ3n) is 3.01. The molecule has 0 aliphatic carbocycles. The Labute approximate surface area is 127 Å². The zero-order valence-corrected chi connectivity index (χ0v) is 13.5. The third-order valence-corrected chi connectivity index (χ3v) is 3.01. The summed E-state index contributed by atoms with van der Waals surface area (Å²) < 4.78 is 16.0. The number of rotatable bonds is 12. The minimum atomic E-state index is -0.485. The van der Waals surface area contributed by atoms with Crippen LogP contribution in [0.1, 0.15) is 26.0 Å². The largest absolute Gasteiger partial charge is 0.468 e. The predicted octanol–water partition coefficient (Wildman–Crippen LogP) is 2.15. The topological polar surface area (TPSA) is 55.1 Å². The summed E-state index contributed by atoms with van der Waals surface area (Å²) in [7, 11) is 1.70. The molecule has 1 rings (SSSR count). The summed E-state index contributed by atoms with van der Waals surface area (Å²) in [4.78, 5) is 2.17. The van der Waals surface area contributed by atoms with Crippen molar-refractivity contribution in [2.24, 2.45) is 5.92 Å². The Hall–Kier alpha value is -0.880. The van der Waals surface area contributed by atoms with Gasteiger partial charge in [0.2, 0.25) is 0 Å². The fourth-order valence-corrected chi connectivity index (χ4v) is 2.08. The average molecular weight is 299 g/mol. The first-order chi connectivity index (χ1) is 10.1. The molecule has 0 radical (unpaired) electrons. The molecule has 0 fully saturated rings. The summed E-state index contributed by atoms with van der Waals surface area (Å²) in [6.07, 6.45) is 2.11. The van der Waals surface area contributed by atoms with Gasteiger partial charge in [-0.2, -0.15) is 0 Å². The van der Waals surface area contributed by atoms with Gasteiger partial charge in [-0.15, -0.1) is 0 Å². The zero-order valence-electron chi connectivity index (χ0n) is 13.5. The summed E-state index contributed by atoms with van der Waals surface area (Å²) in [6.45, 7) is 8.08. The Morgan fingerprint density at radius 1 is 1.33 bits per heavy atom. The molecule has 1 atom stereocenters. The smallest absolute Gasteiger partial charge is 0.117 e. The lowest BCUT2D eigenvalue weighted by atomic mass is 10.2. The minimum absolute atomic E-state index is 0.372. The molecule has 0 saturated heterocycles. The molecule has 5 nitrogen and oxygen atoms in total. The van der Waals surface area contributed by atoms with E-state index in [1.54, 1.807) is 13.4 Å². The monoisotopic (exact) mass is 299 g/mol. The molecule has 1 heterocycles. The molecule has 1 aromatic heterocycles. The van der Waals surface area contributed by atoms with Gasteiger partial charge in [-0.3, -0.25) is 4.90 Å². The zero-order chi connectivity index (χ0) is 15.5. The lowest BCUT2D eigenvalue weighted by Gasteiger charge is -2.24. The molecule has 1 N–H and O–H groups in total. The second-order valence-electron chi connectivity index (χ2n) is 5.75. The van der Waals surface area contributed by atoms with Gasteiger partial charge in [0, 0.05) is 33.4 Å². The van der Waals surface area contributed by atoms with Crippen molar-refractivity contribution in [3.05, 3.63) is 24.2 Å². The summed E-state index contributed by atoms with van der Waals surface area (Å²) in [6, 6.07) is 3.83. The Balaban J connectivity index is 2.35. The van der Waals surface area contributed by atoms with Crippen LogP contribution in [-0.4, -0.2) is 56.1 Å². The first-order valence-corrected chi connectivity index (χ1v) is 7.61. The van der Waals surface area contributed by atoms with Crippen molar-refractivity contribution in [2.45, 2.75) is 32.9 Å². The standard InChI is InChI=1S/C16H29NO4/c1-14(2)12-20-13-15(18)10-17(7-5-8-19-3)11-16-6-4-9-21-16/h4,6,9,14-15,18H,5,7-8,10-13H2,1-3H3/t15-/m0/s1. The van der Waals surface area contributed by atoms with Gasteiger partial charge in [-0.25, -0.2) is 0 Å². The molecule has 5 heteroatoms. The van der Waals surface area contributed by atoms with E-state index in [4.69, 9.17) is 13.9 Å². The van der Waals surface area contributed by atoms with Gasteiger partial charge in [-0.05, 0) is 24.5 Å². The van der Waals surface area contributed by atoms with Crippen molar-refractivity contribution in [3.63, 3.8) is 0 Å². The molecule has 0 aromatic carbocycles.